The number of ether oxygens (including phenoxy) is 2. The maximum atomic E-state index is 13.1. The second-order valence-corrected chi connectivity index (χ2v) is 12.6. The second-order valence-electron chi connectivity index (χ2n) is 10.1. The van der Waals surface area contributed by atoms with Crippen molar-refractivity contribution in [3.8, 4) is 5.75 Å². The molecule has 3 aliphatic rings. The predicted molar refractivity (Wildman–Crippen MR) is 126 cm³/mol. The van der Waals surface area contributed by atoms with Gasteiger partial charge in [0.1, 0.15) is 5.75 Å². The molecular formula is C25H35F2NO2S. The summed E-state index contributed by atoms with van der Waals surface area (Å²) >= 11 is 0. The number of benzene rings is 1. The number of fused-ring (bicyclic) bond motifs is 1. The van der Waals surface area contributed by atoms with Gasteiger partial charge in [0, 0.05) is 41.0 Å². The molecule has 0 heterocycles. The average molecular weight is 452 g/mol. The Hall–Kier alpha value is -1.27. The maximum absolute atomic E-state index is 13.1. The molecule has 172 valence electrons. The van der Waals surface area contributed by atoms with Crippen molar-refractivity contribution in [2.45, 2.75) is 88.9 Å². The summed E-state index contributed by atoms with van der Waals surface area (Å²) in [7, 11) is 1.60. The van der Waals surface area contributed by atoms with Crippen LogP contribution in [-0.2, 0) is 11.2 Å². The zero-order valence-electron chi connectivity index (χ0n) is 19.2. The average Bonchev–Trinajstić information content (AvgIpc) is 3.10. The zero-order chi connectivity index (χ0) is 22.2. The Balaban J connectivity index is 1.59. The van der Waals surface area contributed by atoms with Gasteiger partial charge in [0.25, 0.3) is 0 Å². The molecule has 2 atom stereocenters. The van der Waals surface area contributed by atoms with Gasteiger partial charge in [-0.25, -0.2) is 13.2 Å². The first-order valence-corrected chi connectivity index (χ1v) is 12.7. The summed E-state index contributed by atoms with van der Waals surface area (Å²) in [4.78, 5) is 1.46. The van der Waals surface area contributed by atoms with Gasteiger partial charge in [0.15, 0.2) is 0 Å². The summed E-state index contributed by atoms with van der Waals surface area (Å²) < 4.78 is 43.3. The number of alkyl halides is 2. The van der Waals surface area contributed by atoms with Crippen molar-refractivity contribution in [2.24, 2.45) is 10.3 Å². The quantitative estimate of drug-likeness (QED) is 0.473. The lowest BCUT2D eigenvalue weighted by Gasteiger charge is -2.34. The van der Waals surface area contributed by atoms with Crippen molar-refractivity contribution in [1.82, 2.24) is 0 Å². The van der Waals surface area contributed by atoms with Crippen LogP contribution in [0.1, 0.15) is 76.8 Å². The van der Waals surface area contributed by atoms with Gasteiger partial charge >= 0.3 is 0 Å². The highest BCUT2D eigenvalue weighted by atomic mass is 32.2. The Bertz CT molecular complexity index is 880. The lowest BCUT2D eigenvalue weighted by Crippen LogP contribution is -2.38. The third-order valence-electron chi connectivity index (χ3n) is 6.50. The Morgan fingerprint density at radius 1 is 1.13 bits per heavy atom. The van der Waals surface area contributed by atoms with Crippen LogP contribution in [0.5, 0.6) is 5.75 Å². The molecule has 3 nitrogen and oxygen atoms in total. The Labute approximate surface area is 187 Å². The van der Waals surface area contributed by atoms with Crippen molar-refractivity contribution >= 4 is 21.2 Å². The van der Waals surface area contributed by atoms with E-state index in [0.29, 0.717) is 6.61 Å². The molecule has 0 radical (unpaired) electrons. The maximum Gasteiger partial charge on any atom is 0.248 e. The zero-order valence-corrected chi connectivity index (χ0v) is 20.0. The molecule has 0 bridgehead atoms. The van der Waals surface area contributed by atoms with Gasteiger partial charge in [0.05, 0.1) is 18.4 Å². The molecule has 0 amide bonds. The summed E-state index contributed by atoms with van der Waals surface area (Å²) in [5.74, 6) is -1.78. The molecule has 0 spiro atoms. The molecule has 0 N–H and O–H groups in total. The Morgan fingerprint density at radius 3 is 2.58 bits per heavy atom. The predicted octanol–water partition coefficient (Wildman–Crippen LogP) is 6.59. The first-order chi connectivity index (χ1) is 14.7. The summed E-state index contributed by atoms with van der Waals surface area (Å²) in [5.41, 5.74) is 3.63. The van der Waals surface area contributed by atoms with Crippen LogP contribution in [0, 0.1) is 5.92 Å². The van der Waals surface area contributed by atoms with Gasteiger partial charge in [-0.1, -0.05) is 23.2 Å². The molecule has 2 saturated carbocycles. The lowest BCUT2D eigenvalue weighted by atomic mass is 9.82. The molecule has 0 aliphatic heterocycles. The monoisotopic (exact) mass is 451 g/mol. The summed E-state index contributed by atoms with van der Waals surface area (Å²) in [6.45, 7) is 7.19. The number of halogens is 2. The molecule has 6 heteroatoms. The van der Waals surface area contributed by atoms with E-state index in [4.69, 9.17) is 13.9 Å². The number of methoxy groups -OCH3 is 1. The molecule has 0 saturated heterocycles. The molecule has 31 heavy (non-hydrogen) atoms. The van der Waals surface area contributed by atoms with E-state index < -0.39 is 5.92 Å². The number of rotatable bonds is 5. The van der Waals surface area contributed by atoms with Crippen LogP contribution in [0.15, 0.2) is 22.6 Å². The standard InChI is InChI=1S/C25H35F2NO2S/c1-24(2,3)31(23-8-6-5-7-22(23)29-4)28-21-12-10-18-9-11-19(13-20(18)21)30-16-17-14-25(26,27)15-17/h9,11,13,17,22H,5-8,10,12,14-16H2,1-4H3. The molecule has 4 rings (SSSR count). The molecule has 0 aromatic heterocycles. The fourth-order valence-electron chi connectivity index (χ4n) is 4.85. The Kier molecular flexibility index (Phi) is 6.60. The normalized spacial score (nSPS) is 27.1. The van der Waals surface area contributed by atoms with E-state index >= 15 is 0 Å². The molecule has 1 aromatic rings. The van der Waals surface area contributed by atoms with Crippen molar-refractivity contribution < 1.29 is 18.3 Å². The first kappa shape index (κ1) is 22.9. The first-order valence-electron chi connectivity index (χ1n) is 11.5. The number of hydrogen-bond donors (Lipinski definition) is 0. The molecular weight excluding hydrogens is 416 g/mol. The van der Waals surface area contributed by atoms with E-state index in [0.717, 1.165) is 37.1 Å². The smallest absolute Gasteiger partial charge is 0.248 e. The minimum atomic E-state index is -2.49. The molecule has 1 aromatic carbocycles. The highest BCUT2D eigenvalue weighted by molar-refractivity contribution is 8.16. The molecule has 2 fully saturated rings. The van der Waals surface area contributed by atoms with Crippen LogP contribution in [0.3, 0.4) is 0 Å². The highest BCUT2D eigenvalue weighted by Gasteiger charge is 2.45. The second kappa shape index (κ2) is 8.93. The third-order valence-corrected chi connectivity index (χ3v) is 9.02. The van der Waals surface area contributed by atoms with E-state index in [1.54, 1.807) is 0 Å². The van der Waals surface area contributed by atoms with Crippen LogP contribution in [0.4, 0.5) is 8.78 Å². The van der Waals surface area contributed by atoms with Crippen LogP contribution in [0.2, 0.25) is 0 Å². The summed E-state index contributed by atoms with van der Waals surface area (Å²) in [6.07, 6.45) is 6.65. The third kappa shape index (κ3) is 5.22. The number of hydrogen-bond acceptors (Lipinski definition) is 3. The topological polar surface area (TPSA) is 30.8 Å². The van der Waals surface area contributed by atoms with Gasteiger partial charge in [0.2, 0.25) is 5.92 Å². The summed E-state index contributed by atoms with van der Waals surface area (Å²) in [5, 5.41) is 0. The van der Waals surface area contributed by atoms with E-state index in [2.05, 4.69) is 32.9 Å². The molecule has 2 unspecified atom stereocenters. The minimum absolute atomic E-state index is 0.0444. The van der Waals surface area contributed by atoms with Crippen LogP contribution < -0.4 is 4.74 Å². The van der Waals surface area contributed by atoms with Crippen molar-refractivity contribution in [3.05, 3.63) is 29.3 Å². The van der Waals surface area contributed by atoms with Crippen LogP contribution in [0.25, 0.3) is 0 Å². The van der Waals surface area contributed by atoms with Gasteiger partial charge in [-0.05, 0) is 70.6 Å². The van der Waals surface area contributed by atoms with Crippen molar-refractivity contribution in [1.29, 1.82) is 0 Å². The van der Waals surface area contributed by atoms with Gasteiger partial charge in [-0.15, -0.1) is 0 Å². The molecule has 3 aliphatic carbocycles. The fourth-order valence-corrected chi connectivity index (χ4v) is 7.24. The van der Waals surface area contributed by atoms with E-state index in [-0.39, 0.29) is 40.3 Å². The fraction of sp³-hybridized carbons (Fsp3) is 0.680. The summed E-state index contributed by atoms with van der Waals surface area (Å²) in [6, 6.07) is 6.16. The van der Waals surface area contributed by atoms with Crippen molar-refractivity contribution in [2.75, 3.05) is 13.7 Å². The Morgan fingerprint density at radius 2 is 1.90 bits per heavy atom. The number of aryl methyl sites for hydroxylation is 1. The van der Waals surface area contributed by atoms with Crippen LogP contribution in [-0.4, -0.2) is 41.1 Å². The van der Waals surface area contributed by atoms with E-state index in [1.807, 2.05) is 13.2 Å². The van der Waals surface area contributed by atoms with Gasteiger partial charge in [-0.3, -0.25) is 0 Å². The van der Waals surface area contributed by atoms with E-state index in [1.165, 1.54) is 28.8 Å². The minimum Gasteiger partial charge on any atom is -0.493 e. The number of nitrogens with zero attached hydrogens (tertiary/aromatic N) is 1. The van der Waals surface area contributed by atoms with E-state index in [9.17, 15) is 8.78 Å². The van der Waals surface area contributed by atoms with Gasteiger partial charge < -0.3 is 9.47 Å². The van der Waals surface area contributed by atoms with Crippen LogP contribution >= 0.6 is 10.7 Å². The largest absolute Gasteiger partial charge is 0.493 e. The van der Waals surface area contributed by atoms with Crippen molar-refractivity contribution in [3.63, 3.8) is 0 Å². The lowest BCUT2D eigenvalue weighted by molar-refractivity contribution is -0.119. The SMILES string of the molecule is COC1CCCC/C1=S(\N=C1CCc2ccc(OCC3CC(F)(F)C3)cc21)C(C)(C)C. The van der Waals surface area contributed by atoms with Gasteiger partial charge in [-0.2, -0.15) is 0 Å². The highest BCUT2D eigenvalue weighted by Crippen LogP contribution is 2.43.